The van der Waals surface area contributed by atoms with Crippen molar-refractivity contribution in [3.05, 3.63) is 59.9 Å². The molecule has 0 aliphatic heterocycles. The van der Waals surface area contributed by atoms with E-state index in [1.807, 2.05) is 6.07 Å². The molecule has 0 spiro atoms. The zero-order valence-electron chi connectivity index (χ0n) is 16.3. The molecule has 1 aromatic heterocycles. The van der Waals surface area contributed by atoms with E-state index in [9.17, 15) is 23.2 Å². The molecule has 0 aliphatic carbocycles. The third-order valence-corrected chi connectivity index (χ3v) is 4.04. The fourth-order valence-electron chi connectivity index (χ4n) is 2.69. The standard InChI is InChI=1S/C21H15F2N3O6/c22-21(23)31-13-5-3-4-12(8-13)20(29)25-10-18(28)30-11-17(27)26-19-14-6-1-2-7-15(14)32-16(19)9-24/h1-8,21H,10-11H2,(H,25,29)(H,26,27). The Morgan fingerprint density at radius 3 is 2.66 bits per heavy atom. The number of esters is 1. The van der Waals surface area contributed by atoms with Crippen molar-refractivity contribution < 1.29 is 37.1 Å². The third-order valence-electron chi connectivity index (χ3n) is 4.04. The molecule has 9 nitrogen and oxygen atoms in total. The van der Waals surface area contributed by atoms with Gasteiger partial charge < -0.3 is 24.5 Å². The Labute approximate surface area is 179 Å². The first-order valence-electron chi connectivity index (χ1n) is 9.07. The van der Waals surface area contributed by atoms with Crippen molar-refractivity contribution in [3.63, 3.8) is 0 Å². The van der Waals surface area contributed by atoms with Crippen LogP contribution in [0.2, 0.25) is 0 Å². The number of alkyl halides is 2. The van der Waals surface area contributed by atoms with Gasteiger partial charge in [0.25, 0.3) is 11.8 Å². The average molecular weight is 443 g/mol. The summed E-state index contributed by atoms with van der Waals surface area (Å²) in [5, 5.41) is 14.4. The van der Waals surface area contributed by atoms with Crippen LogP contribution in [-0.2, 0) is 14.3 Å². The number of fused-ring (bicyclic) bond motifs is 1. The average Bonchev–Trinajstić information content (AvgIpc) is 3.13. The van der Waals surface area contributed by atoms with Crippen molar-refractivity contribution in [1.29, 1.82) is 5.26 Å². The number of anilines is 1. The number of hydrogen-bond donors (Lipinski definition) is 2. The predicted octanol–water partition coefficient (Wildman–Crippen LogP) is 2.82. The van der Waals surface area contributed by atoms with E-state index < -0.39 is 37.5 Å². The fraction of sp³-hybridized carbons (Fsp3) is 0.143. The minimum absolute atomic E-state index is 0.00966. The molecule has 32 heavy (non-hydrogen) atoms. The second-order valence-electron chi connectivity index (χ2n) is 6.21. The van der Waals surface area contributed by atoms with Crippen molar-refractivity contribution in [3.8, 4) is 11.8 Å². The number of furan rings is 1. The minimum atomic E-state index is -3.04. The van der Waals surface area contributed by atoms with E-state index in [1.54, 1.807) is 24.3 Å². The number of ether oxygens (including phenoxy) is 2. The van der Waals surface area contributed by atoms with E-state index >= 15 is 0 Å². The van der Waals surface area contributed by atoms with Gasteiger partial charge in [-0.05, 0) is 30.3 Å². The van der Waals surface area contributed by atoms with Gasteiger partial charge in [-0.25, -0.2) is 0 Å². The molecule has 3 rings (SSSR count). The molecular weight excluding hydrogens is 428 g/mol. The number of nitriles is 1. The fourth-order valence-corrected chi connectivity index (χ4v) is 2.69. The number of rotatable bonds is 8. The van der Waals surface area contributed by atoms with Crippen LogP contribution < -0.4 is 15.4 Å². The van der Waals surface area contributed by atoms with Crippen LogP contribution in [0.25, 0.3) is 11.0 Å². The van der Waals surface area contributed by atoms with Crippen molar-refractivity contribution in [2.45, 2.75) is 6.61 Å². The van der Waals surface area contributed by atoms with E-state index in [4.69, 9.17) is 14.4 Å². The summed E-state index contributed by atoms with van der Waals surface area (Å²) >= 11 is 0. The van der Waals surface area contributed by atoms with Crippen molar-refractivity contribution in [2.24, 2.45) is 0 Å². The number of para-hydroxylation sites is 1. The van der Waals surface area contributed by atoms with Crippen molar-refractivity contribution in [2.75, 3.05) is 18.5 Å². The maximum absolute atomic E-state index is 12.3. The summed E-state index contributed by atoms with van der Waals surface area (Å²) in [7, 11) is 0. The number of benzene rings is 2. The van der Waals surface area contributed by atoms with Gasteiger partial charge in [0.2, 0.25) is 5.76 Å². The number of amides is 2. The van der Waals surface area contributed by atoms with Gasteiger partial charge in [0.1, 0.15) is 29.6 Å². The molecule has 0 unspecified atom stereocenters. The van der Waals surface area contributed by atoms with E-state index in [1.165, 1.54) is 18.2 Å². The van der Waals surface area contributed by atoms with E-state index in [0.29, 0.717) is 11.0 Å². The lowest BCUT2D eigenvalue weighted by Crippen LogP contribution is -2.32. The summed E-state index contributed by atoms with van der Waals surface area (Å²) < 4.78 is 38.8. The summed E-state index contributed by atoms with van der Waals surface area (Å²) in [6, 6.07) is 13.5. The molecule has 164 valence electrons. The topological polar surface area (TPSA) is 131 Å². The van der Waals surface area contributed by atoms with E-state index in [2.05, 4.69) is 15.4 Å². The summed E-state index contributed by atoms with van der Waals surface area (Å²) in [5.41, 5.74) is 0.551. The van der Waals surface area contributed by atoms with Crippen LogP contribution in [0.3, 0.4) is 0 Å². The highest BCUT2D eigenvalue weighted by atomic mass is 19.3. The molecular formula is C21H15F2N3O6. The molecule has 0 saturated heterocycles. The molecule has 11 heteroatoms. The number of nitrogens with one attached hydrogen (secondary N) is 2. The van der Waals surface area contributed by atoms with Gasteiger partial charge in [-0.1, -0.05) is 18.2 Å². The van der Waals surface area contributed by atoms with Crippen LogP contribution in [0.1, 0.15) is 16.1 Å². The second-order valence-corrected chi connectivity index (χ2v) is 6.21. The molecule has 0 aliphatic rings. The van der Waals surface area contributed by atoms with Crippen LogP contribution >= 0.6 is 0 Å². The number of hydrogen-bond acceptors (Lipinski definition) is 7. The minimum Gasteiger partial charge on any atom is -0.454 e. The smallest absolute Gasteiger partial charge is 0.387 e. The van der Waals surface area contributed by atoms with Gasteiger partial charge in [-0.3, -0.25) is 14.4 Å². The predicted molar refractivity (Wildman–Crippen MR) is 106 cm³/mol. The van der Waals surface area contributed by atoms with E-state index in [0.717, 1.165) is 6.07 Å². The van der Waals surface area contributed by atoms with Crippen LogP contribution in [0.4, 0.5) is 14.5 Å². The molecule has 0 fully saturated rings. The summed E-state index contributed by atoms with van der Waals surface area (Å²) in [6.07, 6.45) is 0. The maximum Gasteiger partial charge on any atom is 0.387 e. The van der Waals surface area contributed by atoms with Crippen LogP contribution in [-0.4, -0.2) is 37.5 Å². The Kier molecular flexibility index (Phi) is 6.97. The van der Waals surface area contributed by atoms with Gasteiger partial charge in [0.15, 0.2) is 6.61 Å². The third kappa shape index (κ3) is 5.57. The molecule has 0 bridgehead atoms. The highest BCUT2D eigenvalue weighted by Gasteiger charge is 2.17. The highest BCUT2D eigenvalue weighted by Crippen LogP contribution is 2.30. The molecule has 3 aromatic rings. The van der Waals surface area contributed by atoms with Crippen LogP contribution in [0.15, 0.2) is 52.9 Å². The van der Waals surface area contributed by atoms with Crippen LogP contribution in [0.5, 0.6) is 5.75 Å². The van der Waals surface area contributed by atoms with Crippen LogP contribution in [0, 0.1) is 11.3 Å². The Balaban J connectivity index is 1.50. The first-order valence-corrected chi connectivity index (χ1v) is 9.07. The van der Waals surface area contributed by atoms with Crippen molar-refractivity contribution in [1.82, 2.24) is 5.32 Å². The van der Waals surface area contributed by atoms with Crippen molar-refractivity contribution >= 4 is 34.4 Å². The lowest BCUT2D eigenvalue weighted by molar-refractivity contribution is -0.146. The monoisotopic (exact) mass is 443 g/mol. The zero-order chi connectivity index (χ0) is 23.1. The van der Waals surface area contributed by atoms with Gasteiger partial charge in [0, 0.05) is 10.9 Å². The molecule has 0 saturated carbocycles. The SMILES string of the molecule is N#Cc1oc2ccccc2c1NC(=O)COC(=O)CNC(=O)c1cccc(OC(F)F)c1. The Morgan fingerprint density at radius 1 is 1.12 bits per heavy atom. The lowest BCUT2D eigenvalue weighted by atomic mass is 10.2. The lowest BCUT2D eigenvalue weighted by Gasteiger charge is -2.08. The number of halogens is 2. The molecule has 0 radical (unpaired) electrons. The quantitative estimate of drug-likeness (QED) is 0.512. The summed E-state index contributed by atoms with van der Waals surface area (Å²) in [4.78, 5) is 36.0. The molecule has 0 atom stereocenters. The maximum atomic E-state index is 12.3. The first-order chi connectivity index (χ1) is 15.4. The Hall–Kier alpha value is -4.46. The highest BCUT2D eigenvalue weighted by molar-refractivity contribution is 6.03. The van der Waals surface area contributed by atoms with Gasteiger partial charge in [-0.2, -0.15) is 14.0 Å². The Morgan fingerprint density at radius 2 is 1.91 bits per heavy atom. The van der Waals surface area contributed by atoms with Gasteiger partial charge in [0.05, 0.1) is 0 Å². The largest absolute Gasteiger partial charge is 0.454 e. The number of carbonyl (C=O) groups is 3. The normalized spacial score (nSPS) is 10.4. The molecule has 2 aromatic carbocycles. The second kappa shape index (κ2) is 10.0. The number of carbonyl (C=O) groups excluding carboxylic acids is 3. The summed E-state index contributed by atoms with van der Waals surface area (Å²) in [6.45, 7) is -4.28. The number of nitrogens with zero attached hydrogens (tertiary/aromatic N) is 1. The molecule has 2 N–H and O–H groups in total. The summed E-state index contributed by atoms with van der Waals surface area (Å²) in [5.74, 6) is -2.67. The molecule has 1 heterocycles. The zero-order valence-corrected chi connectivity index (χ0v) is 16.3. The van der Waals surface area contributed by atoms with E-state index in [-0.39, 0.29) is 22.8 Å². The van der Waals surface area contributed by atoms with Gasteiger partial charge in [-0.15, -0.1) is 0 Å². The molecule has 2 amide bonds. The Bertz CT molecular complexity index is 1200. The van der Waals surface area contributed by atoms with Gasteiger partial charge >= 0.3 is 12.6 Å². The first kappa shape index (κ1) is 22.2.